The Hall–Kier alpha value is -2.86. The average molecular weight is 436 g/mol. The van der Waals surface area contributed by atoms with Crippen LogP contribution < -0.4 is 10.1 Å². The second kappa shape index (κ2) is 8.94. The zero-order valence-electron chi connectivity index (χ0n) is 19.4. The fourth-order valence-electron chi connectivity index (χ4n) is 5.13. The smallest absolute Gasteiger partial charge is 0.254 e. The van der Waals surface area contributed by atoms with E-state index in [4.69, 9.17) is 4.74 Å². The van der Waals surface area contributed by atoms with Crippen LogP contribution in [0.1, 0.15) is 35.3 Å². The fraction of sp³-hybridized carbons (Fsp3) is 0.462. The van der Waals surface area contributed by atoms with Gasteiger partial charge >= 0.3 is 0 Å². The van der Waals surface area contributed by atoms with Gasteiger partial charge in [0, 0.05) is 49.7 Å². The number of nitrogens with zero attached hydrogens (tertiary/aromatic N) is 2. The predicted octanol–water partition coefficient (Wildman–Crippen LogP) is 3.10. The van der Waals surface area contributed by atoms with E-state index in [1.54, 1.807) is 7.11 Å². The number of hydrogen-bond donors (Lipinski definition) is 1. The van der Waals surface area contributed by atoms with Crippen LogP contribution in [0.25, 0.3) is 0 Å². The number of amides is 2. The Morgan fingerprint density at radius 2 is 1.84 bits per heavy atom. The first kappa shape index (κ1) is 22.3. The zero-order chi connectivity index (χ0) is 22.9. The lowest BCUT2D eigenvalue weighted by Crippen LogP contribution is -2.64. The van der Waals surface area contributed by atoms with Gasteiger partial charge in [-0.15, -0.1) is 0 Å². The van der Waals surface area contributed by atoms with Crippen molar-refractivity contribution >= 4 is 11.8 Å². The van der Waals surface area contributed by atoms with Crippen LogP contribution in [0.5, 0.6) is 5.75 Å². The molecule has 0 aliphatic carbocycles. The Morgan fingerprint density at radius 3 is 2.47 bits per heavy atom. The molecule has 2 aliphatic heterocycles. The van der Waals surface area contributed by atoms with Gasteiger partial charge in [0.25, 0.3) is 5.91 Å². The second-order valence-electron chi connectivity index (χ2n) is 9.58. The predicted molar refractivity (Wildman–Crippen MR) is 125 cm³/mol. The average Bonchev–Trinajstić information content (AvgIpc) is 3.12. The molecule has 2 fully saturated rings. The third kappa shape index (κ3) is 4.37. The maximum absolute atomic E-state index is 13.2. The molecule has 1 N–H and O–H groups in total. The molecule has 1 atom stereocenters. The minimum atomic E-state index is -0.191. The summed E-state index contributed by atoms with van der Waals surface area (Å²) in [5.74, 6) is 0.759. The lowest BCUT2D eigenvalue weighted by Gasteiger charge is -2.50. The maximum atomic E-state index is 13.2. The first-order valence-corrected chi connectivity index (χ1v) is 11.3. The molecule has 6 nitrogen and oxygen atoms in total. The molecule has 2 aromatic carbocycles. The van der Waals surface area contributed by atoms with Crippen LogP contribution in [0.15, 0.2) is 48.5 Å². The molecule has 2 aromatic rings. The number of carbonyl (C=O) groups is 2. The summed E-state index contributed by atoms with van der Waals surface area (Å²) in [5, 5.41) is 3.11. The van der Waals surface area contributed by atoms with E-state index in [0.29, 0.717) is 18.7 Å². The molecule has 32 heavy (non-hydrogen) atoms. The van der Waals surface area contributed by atoms with Gasteiger partial charge in [-0.2, -0.15) is 0 Å². The summed E-state index contributed by atoms with van der Waals surface area (Å²) >= 11 is 0. The number of aryl methyl sites for hydroxylation is 1. The van der Waals surface area contributed by atoms with Gasteiger partial charge in [-0.3, -0.25) is 14.5 Å². The Bertz CT molecular complexity index is 983. The maximum Gasteiger partial charge on any atom is 0.254 e. The lowest BCUT2D eigenvalue weighted by atomic mass is 9.70. The van der Waals surface area contributed by atoms with Crippen molar-refractivity contribution in [1.29, 1.82) is 0 Å². The van der Waals surface area contributed by atoms with Crippen molar-refractivity contribution in [2.24, 2.45) is 11.3 Å². The number of benzene rings is 2. The third-order valence-corrected chi connectivity index (χ3v) is 6.68. The molecule has 0 saturated carbocycles. The molecule has 2 heterocycles. The van der Waals surface area contributed by atoms with E-state index >= 15 is 0 Å². The summed E-state index contributed by atoms with van der Waals surface area (Å²) in [7, 11) is 1.62. The molecule has 0 radical (unpaired) electrons. The summed E-state index contributed by atoms with van der Waals surface area (Å²) < 4.78 is 5.26. The Morgan fingerprint density at radius 1 is 1.12 bits per heavy atom. The van der Waals surface area contributed by atoms with Crippen LogP contribution in [0.3, 0.4) is 0 Å². The highest BCUT2D eigenvalue weighted by atomic mass is 16.5. The quantitative estimate of drug-likeness (QED) is 0.758. The van der Waals surface area contributed by atoms with Gasteiger partial charge in [-0.25, -0.2) is 0 Å². The highest BCUT2D eigenvalue weighted by Gasteiger charge is 2.57. The Balaban J connectivity index is 1.49. The minimum Gasteiger partial charge on any atom is -0.497 e. The summed E-state index contributed by atoms with van der Waals surface area (Å²) in [4.78, 5) is 30.5. The van der Waals surface area contributed by atoms with Crippen LogP contribution in [-0.4, -0.2) is 60.9 Å². The fourth-order valence-corrected chi connectivity index (χ4v) is 5.13. The van der Waals surface area contributed by atoms with Gasteiger partial charge < -0.3 is 15.0 Å². The molecule has 2 saturated heterocycles. The number of methoxy groups -OCH3 is 1. The van der Waals surface area contributed by atoms with Gasteiger partial charge in [-0.1, -0.05) is 30.3 Å². The third-order valence-electron chi connectivity index (χ3n) is 6.68. The Labute approximate surface area is 190 Å². The van der Waals surface area contributed by atoms with E-state index in [1.165, 1.54) is 5.56 Å². The number of carbonyl (C=O) groups excluding carboxylic acids is 2. The number of likely N-dealkylation sites (tertiary alicyclic amines) is 2. The molecule has 1 unspecified atom stereocenters. The van der Waals surface area contributed by atoms with Crippen LogP contribution in [0.4, 0.5) is 0 Å². The molecule has 1 spiro atoms. The lowest BCUT2D eigenvalue weighted by molar-refractivity contribution is -0.131. The van der Waals surface area contributed by atoms with E-state index in [2.05, 4.69) is 22.3 Å². The highest BCUT2D eigenvalue weighted by Crippen LogP contribution is 2.45. The summed E-state index contributed by atoms with van der Waals surface area (Å²) in [6.45, 7) is 9.49. The normalized spacial score (nSPS) is 19.8. The highest BCUT2D eigenvalue weighted by molar-refractivity contribution is 5.96. The first-order chi connectivity index (χ1) is 15.3. The van der Waals surface area contributed by atoms with E-state index in [1.807, 2.05) is 62.1 Å². The molecule has 170 valence electrons. The molecular formula is C26H33N3O3. The zero-order valence-corrected chi connectivity index (χ0v) is 19.4. The standard InChI is InChI=1S/C26H33N3O3/c1-18(2)27-24(30)23-14-28(13-20-8-6-5-7-9-20)15-26(23)16-29(17-26)25(31)22-11-10-21(32-4)12-19(22)3/h5-12,18,23H,13-17H2,1-4H3,(H,27,30). The second-order valence-corrected chi connectivity index (χ2v) is 9.58. The van der Waals surface area contributed by atoms with Gasteiger partial charge in [0.05, 0.1) is 13.0 Å². The number of ether oxygens (including phenoxy) is 1. The number of hydrogen-bond acceptors (Lipinski definition) is 4. The van der Waals surface area contributed by atoms with E-state index in [0.717, 1.165) is 30.9 Å². The van der Waals surface area contributed by atoms with E-state index in [-0.39, 0.29) is 29.2 Å². The molecule has 6 heteroatoms. The van der Waals surface area contributed by atoms with Crippen molar-refractivity contribution in [2.45, 2.75) is 33.4 Å². The molecule has 2 aliphatic rings. The van der Waals surface area contributed by atoms with Crippen molar-refractivity contribution in [3.05, 3.63) is 65.2 Å². The van der Waals surface area contributed by atoms with Crippen molar-refractivity contribution in [3.8, 4) is 5.75 Å². The van der Waals surface area contributed by atoms with Crippen molar-refractivity contribution in [3.63, 3.8) is 0 Å². The summed E-state index contributed by atoms with van der Waals surface area (Å²) in [5.41, 5.74) is 2.65. The molecule has 0 aromatic heterocycles. The van der Waals surface area contributed by atoms with Gasteiger partial charge in [0.1, 0.15) is 5.75 Å². The van der Waals surface area contributed by atoms with Gasteiger partial charge in [0.2, 0.25) is 5.91 Å². The van der Waals surface area contributed by atoms with E-state index < -0.39 is 0 Å². The molecule has 2 amide bonds. The molecule has 0 bridgehead atoms. The van der Waals surface area contributed by atoms with Crippen molar-refractivity contribution in [1.82, 2.24) is 15.1 Å². The Kier molecular flexibility index (Phi) is 6.24. The van der Waals surface area contributed by atoms with Crippen molar-refractivity contribution < 1.29 is 14.3 Å². The van der Waals surface area contributed by atoms with Crippen LogP contribution in [0, 0.1) is 18.3 Å². The first-order valence-electron chi connectivity index (χ1n) is 11.3. The molecular weight excluding hydrogens is 402 g/mol. The van der Waals surface area contributed by atoms with E-state index in [9.17, 15) is 9.59 Å². The van der Waals surface area contributed by atoms with Gasteiger partial charge in [-0.05, 0) is 50.1 Å². The van der Waals surface area contributed by atoms with Crippen LogP contribution in [-0.2, 0) is 11.3 Å². The van der Waals surface area contributed by atoms with Gasteiger partial charge in [0.15, 0.2) is 0 Å². The van der Waals surface area contributed by atoms with Crippen molar-refractivity contribution in [2.75, 3.05) is 33.3 Å². The van der Waals surface area contributed by atoms with Crippen LogP contribution in [0.2, 0.25) is 0 Å². The minimum absolute atomic E-state index is 0.0281. The summed E-state index contributed by atoms with van der Waals surface area (Å²) in [6, 6.07) is 16.0. The number of rotatable bonds is 6. The van der Waals surface area contributed by atoms with Crippen LogP contribution >= 0.6 is 0 Å². The summed E-state index contributed by atoms with van der Waals surface area (Å²) in [6.07, 6.45) is 0. The topological polar surface area (TPSA) is 61.9 Å². The number of nitrogens with one attached hydrogen (secondary N) is 1. The monoisotopic (exact) mass is 435 g/mol. The SMILES string of the molecule is COc1ccc(C(=O)N2CC3(CN(Cc4ccccc4)CC3C(=O)NC(C)C)C2)c(C)c1. The molecule has 4 rings (SSSR count). The largest absolute Gasteiger partial charge is 0.497 e.